The lowest BCUT2D eigenvalue weighted by atomic mass is 10.3. The topological polar surface area (TPSA) is 33.6 Å². The highest BCUT2D eigenvalue weighted by Gasteiger charge is 2.14. The first-order valence-corrected chi connectivity index (χ1v) is 6.20. The van der Waals surface area contributed by atoms with Gasteiger partial charge in [0.15, 0.2) is 0 Å². The first kappa shape index (κ1) is 10.8. The van der Waals surface area contributed by atoms with Crippen LogP contribution in [0.4, 0.5) is 5.69 Å². The van der Waals surface area contributed by atoms with Gasteiger partial charge in [-0.2, -0.15) is 4.40 Å². The lowest BCUT2D eigenvalue weighted by Gasteiger charge is -2.19. The molecule has 0 radical (unpaired) electrons. The second kappa shape index (κ2) is 4.45. The van der Waals surface area contributed by atoms with Crippen LogP contribution in [0.2, 0.25) is 0 Å². The summed E-state index contributed by atoms with van der Waals surface area (Å²) in [5, 5.41) is 3.14. The van der Waals surface area contributed by atoms with Crippen molar-refractivity contribution in [2.75, 3.05) is 5.32 Å². The number of nitrogens with one attached hydrogen (secondary N) is 1. The van der Waals surface area contributed by atoms with Gasteiger partial charge in [-0.15, -0.1) is 0 Å². The number of benzene rings is 1. The number of halogens is 1. The van der Waals surface area contributed by atoms with E-state index >= 15 is 0 Å². The van der Waals surface area contributed by atoms with Crippen LogP contribution in [-0.2, 0) is 4.74 Å². The van der Waals surface area contributed by atoms with Crippen LogP contribution in [0.1, 0.15) is 13.8 Å². The predicted octanol–water partition coefficient (Wildman–Crippen LogP) is 3.66. The molecule has 1 aliphatic rings. The summed E-state index contributed by atoms with van der Waals surface area (Å²) >= 11 is 4.85. The van der Waals surface area contributed by atoms with Crippen molar-refractivity contribution in [2.45, 2.75) is 24.8 Å². The first-order valence-electron chi connectivity index (χ1n) is 4.63. The van der Waals surface area contributed by atoms with E-state index in [1.165, 1.54) is 11.9 Å². The Balaban J connectivity index is 2.16. The molecule has 1 aromatic rings. The molecular weight excluding hydrogens is 276 g/mol. The van der Waals surface area contributed by atoms with Gasteiger partial charge in [-0.05, 0) is 32.0 Å². The fraction of sp³-hybridized carbons (Fsp3) is 0.300. The van der Waals surface area contributed by atoms with Gasteiger partial charge in [0.1, 0.15) is 0 Å². The fourth-order valence-corrected chi connectivity index (χ4v) is 2.36. The standard InChI is InChI=1S/C10H11BrN2OS/c1-6(2)14-10-12-8-4-3-7(11)5-9(8)15-13-10/h3-6H,1-2H3,(H,12,13). The molecule has 0 atom stereocenters. The van der Waals surface area contributed by atoms with Crippen molar-refractivity contribution in [3.63, 3.8) is 0 Å². The number of fused-ring (bicyclic) bond motifs is 1. The third-order valence-corrected chi connectivity index (χ3v) is 3.04. The number of ether oxygens (including phenoxy) is 1. The summed E-state index contributed by atoms with van der Waals surface area (Å²) in [5.41, 5.74) is 1.04. The molecule has 0 aliphatic carbocycles. The highest BCUT2D eigenvalue weighted by molar-refractivity contribution is 9.10. The molecule has 2 rings (SSSR count). The van der Waals surface area contributed by atoms with Gasteiger partial charge in [-0.3, -0.25) is 0 Å². The van der Waals surface area contributed by atoms with Crippen LogP contribution in [0.5, 0.6) is 0 Å². The minimum atomic E-state index is 0.133. The highest BCUT2D eigenvalue weighted by atomic mass is 79.9. The Labute approximate surface area is 102 Å². The van der Waals surface area contributed by atoms with Gasteiger partial charge in [0.25, 0.3) is 0 Å². The molecule has 0 aromatic heterocycles. The Morgan fingerprint density at radius 3 is 3.00 bits per heavy atom. The van der Waals surface area contributed by atoms with Crippen molar-refractivity contribution in [1.29, 1.82) is 0 Å². The number of hydrogen-bond acceptors (Lipinski definition) is 4. The monoisotopic (exact) mass is 286 g/mol. The summed E-state index contributed by atoms with van der Waals surface area (Å²) < 4.78 is 10.8. The van der Waals surface area contributed by atoms with Crippen molar-refractivity contribution >= 4 is 39.6 Å². The third-order valence-electron chi connectivity index (χ3n) is 1.76. The van der Waals surface area contributed by atoms with E-state index in [4.69, 9.17) is 4.74 Å². The molecule has 1 aromatic carbocycles. The Bertz CT molecular complexity index is 406. The van der Waals surface area contributed by atoms with Gasteiger partial charge in [-0.1, -0.05) is 15.9 Å². The molecule has 0 fully saturated rings. The van der Waals surface area contributed by atoms with Gasteiger partial charge in [0.2, 0.25) is 0 Å². The number of amidine groups is 1. The van der Waals surface area contributed by atoms with Crippen LogP contribution in [0.15, 0.2) is 32.0 Å². The minimum absolute atomic E-state index is 0.133. The van der Waals surface area contributed by atoms with Gasteiger partial charge < -0.3 is 10.1 Å². The average Bonchev–Trinajstić information content (AvgIpc) is 2.17. The Morgan fingerprint density at radius 2 is 2.27 bits per heavy atom. The second-order valence-corrected chi connectivity index (χ2v) is 5.14. The summed E-state index contributed by atoms with van der Waals surface area (Å²) in [5.74, 6) is 0. The smallest absolute Gasteiger partial charge is 0.301 e. The molecular formula is C10H11BrN2OS. The molecule has 0 saturated carbocycles. The van der Waals surface area contributed by atoms with Crippen LogP contribution < -0.4 is 5.32 Å². The summed E-state index contributed by atoms with van der Waals surface area (Å²) in [6.07, 6.45) is 0.133. The zero-order valence-electron chi connectivity index (χ0n) is 8.45. The van der Waals surface area contributed by atoms with Crippen molar-refractivity contribution < 1.29 is 4.74 Å². The lowest BCUT2D eigenvalue weighted by Crippen LogP contribution is -2.21. The Morgan fingerprint density at radius 1 is 1.47 bits per heavy atom. The van der Waals surface area contributed by atoms with Crippen LogP contribution >= 0.6 is 27.9 Å². The maximum Gasteiger partial charge on any atom is 0.301 e. The number of hydrogen-bond donors (Lipinski definition) is 1. The summed E-state index contributed by atoms with van der Waals surface area (Å²) in [7, 11) is 0. The molecule has 1 heterocycles. The van der Waals surface area contributed by atoms with Gasteiger partial charge >= 0.3 is 6.02 Å². The van der Waals surface area contributed by atoms with E-state index < -0.39 is 0 Å². The molecule has 15 heavy (non-hydrogen) atoms. The Hall–Kier alpha value is -0.680. The van der Waals surface area contributed by atoms with Crippen molar-refractivity contribution in [3.05, 3.63) is 22.7 Å². The maximum absolute atomic E-state index is 5.48. The van der Waals surface area contributed by atoms with Crippen molar-refractivity contribution in [3.8, 4) is 0 Å². The number of nitrogens with zero attached hydrogens (tertiary/aromatic N) is 1. The second-order valence-electron chi connectivity index (χ2n) is 3.42. The molecule has 5 heteroatoms. The molecule has 3 nitrogen and oxygen atoms in total. The lowest BCUT2D eigenvalue weighted by molar-refractivity contribution is 0.228. The van der Waals surface area contributed by atoms with Gasteiger partial charge in [-0.25, -0.2) is 0 Å². The molecule has 0 bridgehead atoms. The molecule has 0 saturated heterocycles. The molecule has 1 N–H and O–H groups in total. The zero-order valence-corrected chi connectivity index (χ0v) is 10.9. The predicted molar refractivity (Wildman–Crippen MR) is 67.3 cm³/mol. The fourth-order valence-electron chi connectivity index (χ4n) is 1.18. The van der Waals surface area contributed by atoms with E-state index in [2.05, 4.69) is 25.6 Å². The summed E-state index contributed by atoms with van der Waals surface area (Å²) in [6.45, 7) is 3.96. The molecule has 0 amide bonds. The van der Waals surface area contributed by atoms with Crippen molar-refractivity contribution in [1.82, 2.24) is 0 Å². The maximum atomic E-state index is 5.48. The highest BCUT2D eigenvalue weighted by Crippen LogP contribution is 2.34. The van der Waals surface area contributed by atoms with Crippen LogP contribution in [0.3, 0.4) is 0 Å². The Kier molecular flexibility index (Phi) is 3.21. The van der Waals surface area contributed by atoms with E-state index in [0.29, 0.717) is 6.02 Å². The van der Waals surface area contributed by atoms with E-state index in [9.17, 15) is 0 Å². The largest absolute Gasteiger partial charge is 0.462 e. The van der Waals surface area contributed by atoms with E-state index in [0.717, 1.165) is 15.1 Å². The third kappa shape index (κ3) is 2.66. The van der Waals surface area contributed by atoms with Crippen LogP contribution in [-0.4, -0.2) is 12.1 Å². The normalized spacial score (nSPS) is 14.3. The van der Waals surface area contributed by atoms with Gasteiger partial charge in [0, 0.05) is 16.4 Å². The molecule has 0 spiro atoms. The molecule has 0 unspecified atom stereocenters. The van der Waals surface area contributed by atoms with E-state index in [1.54, 1.807) is 0 Å². The quantitative estimate of drug-likeness (QED) is 0.800. The minimum Gasteiger partial charge on any atom is -0.462 e. The first-order chi connectivity index (χ1) is 7.15. The van der Waals surface area contributed by atoms with Crippen molar-refractivity contribution in [2.24, 2.45) is 4.40 Å². The number of anilines is 1. The van der Waals surface area contributed by atoms with Crippen LogP contribution in [0.25, 0.3) is 0 Å². The van der Waals surface area contributed by atoms with E-state index in [-0.39, 0.29) is 6.10 Å². The zero-order chi connectivity index (χ0) is 10.8. The summed E-state index contributed by atoms with van der Waals surface area (Å²) in [6, 6.07) is 6.60. The molecule has 80 valence electrons. The van der Waals surface area contributed by atoms with Gasteiger partial charge in [0.05, 0.1) is 16.7 Å². The molecule has 1 aliphatic heterocycles. The van der Waals surface area contributed by atoms with Crippen LogP contribution in [0, 0.1) is 0 Å². The SMILES string of the molecule is CC(C)OC1=NSc2cc(Br)ccc2N1. The van der Waals surface area contributed by atoms with E-state index in [1.807, 2.05) is 32.0 Å². The average molecular weight is 287 g/mol. The number of rotatable bonds is 1. The summed E-state index contributed by atoms with van der Waals surface area (Å²) in [4.78, 5) is 1.10.